The standard InChI is InChI=1S/C16H16F2N4O3S/c1-21-9-14-11(4-3-7-22(2)20-26(14,24)25)15(21)16(23)19-10-5-6-12(17)13(18)8-10/h3-6,8-9,20H,7H2,1-2H3,(H,19,23). The molecule has 2 N–H and O–H groups in total. The molecule has 2 aromatic rings. The number of halogens is 2. The van der Waals surface area contributed by atoms with Crippen molar-refractivity contribution in [3.63, 3.8) is 0 Å². The Morgan fingerprint density at radius 2 is 1.96 bits per heavy atom. The number of benzene rings is 1. The van der Waals surface area contributed by atoms with Gasteiger partial charge in [0, 0.05) is 44.2 Å². The quantitative estimate of drug-likeness (QED) is 0.828. The number of fused-ring (bicyclic) bond motifs is 1. The number of likely N-dealkylation sites (N-methyl/N-ethyl adjacent to an activating group) is 1. The molecule has 0 saturated heterocycles. The van der Waals surface area contributed by atoms with E-state index in [1.54, 1.807) is 19.2 Å². The molecule has 1 aromatic carbocycles. The number of nitrogens with zero attached hydrogens (tertiary/aromatic N) is 2. The SMILES string of the molecule is CN1CC=Cc2c(cn(C)c2C(=O)Nc2ccc(F)c(F)c2)S(=O)(=O)N1. The highest BCUT2D eigenvalue weighted by molar-refractivity contribution is 7.89. The van der Waals surface area contributed by atoms with Crippen LogP contribution >= 0.6 is 0 Å². The minimum Gasteiger partial charge on any atom is -0.345 e. The molecule has 0 aliphatic carbocycles. The third-order valence-corrected chi connectivity index (χ3v) is 5.26. The van der Waals surface area contributed by atoms with Crippen molar-refractivity contribution in [1.29, 1.82) is 0 Å². The first-order valence-corrected chi connectivity index (χ1v) is 9.03. The minimum atomic E-state index is -3.86. The molecule has 1 aromatic heterocycles. The Bertz CT molecular complexity index is 1010. The Balaban J connectivity index is 2.03. The van der Waals surface area contributed by atoms with Crippen LogP contribution in [0.1, 0.15) is 16.1 Å². The van der Waals surface area contributed by atoms with Crippen molar-refractivity contribution in [2.75, 3.05) is 18.9 Å². The molecule has 0 atom stereocenters. The molecular weight excluding hydrogens is 366 g/mol. The summed E-state index contributed by atoms with van der Waals surface area (Å²) in [7, 11) is -0.755. The third kappa shape index (κ3) is 3.39. The summed E-state index contributed by atoms with van der Waals surface area (Å²) in [6, 6.07) is 2.96. The number of carbonyl (C=O) groups is 1. The van der Waals surface area contributed by atoms with Crippen LogP contribution in [0, 0.1) is 11.6 Å². The molecule has 1 amide bonds. The maximum atomic E-state index is 13.3. The number of hydrazine groups is 1. The van der Waals surface area contributed by atoms with E-state index in [2.05, 4.69) is 10.1 Å². The second-order valence-electron chi connectivity index (χ2n) is 5.83. The van der Waals surface area contributed by atoms with Crippen molar-refractivity contribution in [3.05, 3.63) is 53.4 Å². The maximum absolute atomic E-state index is 13.3. The third-order valence-electron chi connectivity index (χ3n) is 3.81. The lowest BCUT2D eigenvalue weighted by atomic mass is 10.2. The van der Waals surface area contributed by atoms with Gasteiger partial charge < -0.3 is 9.88 Å². The lowest BCUT2D eigenvalue weighted by molar-refractivity contribution is 0.101. The van der Waals surface area contributed by atoms with Gasteiger partial charge >= 0.3 is 0 Å². The van der Waals surface area contributed by atoms with E-state index in [9.17, 15) is 22.0 Å². The molecule has 1 aliphatic rings. The monoisotopic (exact) mass is 382 g/mol. The van der Waals surface area contributed by atoms with Gasteiger partial charge in [-0.1, -0.05) is 12.2 Å². The Morgan fingerprint density at radius 1 is 1.23 bits per heavy atom. The number of aromatic nitrogens is 1. The number of aryl methyl sites for hydroxylation is 1. The van der Waals surface area contributed by atoms with Crippen molar-refractivity contribution < 1.29 is 22.0 Å². The van der Waals surface area contributed by atoms with E-state index in [-0.39, 0.29) is 21.8 Å². The predicted molar refractivity (Wildman–Crippen MR) is 91.7 cm³/mol. The summed E-state index contributed by atoms with van der Waals surface area (Å²) in [4.78, 5) is 14.9. The molecule has 0 bridgehead atoms. The lowest BCUT2D eigenvalue weighted by Gasteiger charge is -2.18. The fraction of sp³-hybridized carbons (Fsp3) is 0.188. The molecule has 2 heterocycles. The van der Waals surface area contributed by atoms with Crippen LogP contribution in [0.15, 0.2) is 35.4 Å². The summed E-state index contributed by atoms with van der Waals surface area (Å²) in [5.74, 6) is -2.77. The molecule has 1 aliphatic heterocycles. The van der Waals surface area contributed by atoms with Gasteiger partial charge in [-0.3, -0.25) is 4.79 Å². The molecule has 3 rings (SSSR count). The van der Waals surface area contributed by atoms with Crippen molar-refractivity contribution in [2.24, 2.45) is 7.05 Å². The number of anilines is 1. The highest BCUT2D eigenvalue weighted by atomic mass is 32.2. The summed E-state index contributed by atoms with van der Waals surface area (Å²) in [6.07, 6.45) is 4.57. The summed E-state index contributed by atoms with van der Waals surface area (Å²) >= 11 is 0. The molecule has 7 nitrogen and oxygen atoms in total. The fourth-order valence-corrected chi connectivity index (χ4v) is 3.99. The Labute approximate surface area is 148 Å². The topological polar surface area (TPSA) is 83.4 Å². The van der Waals surface area contributed by atoms with E-state index >= 15 is 0 Å². The average molecular weight is 382 g/mol. The van der Waals surface area contributed by atoms with Gasteiger partial charge in [-0.2, -0.15) is 0 Å². The minimum absolute atomic E-state index is 0.0550. The zero-order chi connectivity index (χ0) is 19.1. The molecule has 26 heavy (non-hydrogen) atoms. The summed E-state index contributed by atoms with van der Waals surface area (Å²) in [5.41, 5.74) is 0.350. The molecule has 10 heteroatoms. The number of amides is 1. The second-order valence-corrected chi connectivity index (χ2v) is 7.46. The zero-order valence-corrected chi connectivity index (χ0v) is 14.8. The van der Waals surface area contributed by atoms with E-state index in [1.165, 1.54) is 28.9 Å². The van der Waals surface area contributed by atoms with Crippen molar-refractivity contribution in [3.8, 4) is 0 Å². The van der Waals surface area contributed by atoms with Crippen LogP contribution in [-0.2, 0) is 17.1 Å². The first-order chi connectivity index (χ1) is 12.2. The largest absolute Gasteiger partial charge is 0.345 e. The lowest BCUT2D eigenvalue weighted by Crippen LogP contribution is -2.40. The van der Waals surface area contributed by atoms with Crippen molar-refractivity contribution in [2.45, 2.75) is 4.90 Å². The molecule has 0 radical (unpaired) electrons. The molecule has 0 unspecified atom stereocenters. The summed E-state index contributed by atoms with van der Waals surface area (Å²) in [6.45, 7) is 0.303. The van der Waals surface area contributed by atoms with Gasteiger partial charge in [0.05, 0.1) is 0 Å². The number of rotatable bonds is 2. The van der Waals surface area contributed by atoms with Gasteiger partial charge in [-0.05, 0) is 12.1 Å². The normalized spacial score (nSPS) is 16.6. The van der Waals surface area contributed by atoms with E-state index in [0.717, 1.165) is 12.1 Å². The van der Waals surface area contributed by atoms with Gasteiger partial charge in [0.25, 0.3) is 15.9 Å². The van der Waals surface area contributed by atoms with Crippen LogP contribution in [0.4, 0.5) is 14.5 Å². The van der Waals surface area contributed by atoms with E-state index < -0.39 is 27.6 Å². The van der Waals surface area contributed by atoms with Crippen LogP contribution in [-0.4, -0.2) is 37.5 Å². The van der Waals surface area contributed by atoms with Gasteiger partial charge in [0.1, 0.15) is 10.6 Å². The van der Waals surface area contributed by atoms with Gasteiger partial charge in [-0.15, -0.1) is 4.83 Å². The number of hydrogen-bond donors (Lipinski definition) is 2. The Kier molecular flexibility index (Phi) is 4.65. The molecular formula is C16H16F2N4O3S. The predicted octanol–water partition coefficient (Wildman–Crippen LogP) is 1.71. The van der Waals surface area contributed by atoms with Gasteiger partial charge in [0.2, 0.25) is 0 Å². The number of sulfonamides is 1. The fourth-order valence-electron chi connectivity index (χ4n) is 2.66. The number of nitrogens with one attached hydrogen (secondary N) is 2. The first kappa shape index (κ1) is 18.2. The molecule has 0 spiro atoms. The maximum Gasteiger partial charge on any atom is 0.272 e. The van der Waals surface area contributed by atoms with Crippen molar-refractivity contribution in [1.82, 2.24) is 14.4 Å². The van der Waals surface area contributed by atoms with Gasteiger partial charge in [-0.25, -0.2) is 22.2 Å². The smallest absolute Gasteiger partial charge is 0.272 e. The first-order valence-electron chi connectivity index (χ1n) is 7.55. The van der Waals surface area contributed by atoms with E-state index in [1.807, 2.05) is 0 Å². The summed E-state index contributed by atoms with van der Waals surface area (Å²) in [5, 5.41) is 3.84. The average Bonchev–Trinajstić information content (AvgIpc) is 2.87. The van der Waals surface area contributed by atoms with E-state index in [0.29, 0.717) is 6.54 Å². The van der Waals surface area contributed by atoms with Gasteiger partial charge in [0.15, 0.2) is 11.6 Å². The summed E-state index contributed by atoms with van der Waals surface area (Å²) < 4.78 is 52.6. The van der Waals surface area contributed by atoms with Crippen LogP contribution in [0.2, 0.25) is 0 Å². The molecule has 138 valence electrons. The highest BCUT2D eigenvalue weighted by Gasteiger charge is 2.28. The second kappa shape index (κ2) is 6.63. The van der Waals surface area contributed by atoms with E-state index in [4.69, 9.17) is 0 Å². The number of carbonyl (C=O) groups excluding carboxylic acids is 1. The molecule has 0 saturated carbocycles. The van der Waals surface area contributed by atoms with Crippen LogP contribution in [0.25, 0.3) is 6.08 Å². The Hall–Kier alpha value is -2.56. The highest BCUT2D eigenvalue weighted by Crippen LogP contribution is 2.26. The molecule has 0 fully saturated rings. The zero-order valence-electron chi connectivity index (χ0n) is 14.0. The van der Waals surface area contributed by atoms with Crippen LogP contribution in [0.5, 0.6) is 0 Å². The van der Waals surface area contributed by atoms with Crippen LogP contribution in [0.3, 0.4) is 0 Å². The van der Waals surface area contributed by atoms with Crippen LogP contribution < -0.4 is 10.1 Å². The van der Waals surface area contributed by atoms with Crippen molar-refractivity contribution >= 4 is 27.7 Å². The Morgan fingerprint density at radius 3 is 2.65 bits per heavy atom. The number of hydrogen-bond acceptors (Lipinski definition) is 4.